The predicted octanol–water partition coefficient (Wildman–Crippen LogP) is 2.30. The molecule has 132 valence electrons. The van der Waals surface area contributed by atoms with E-state index in [1.165, 1.54) is 4.90 Å². The molecule has 2 aromatic rings. The van der Waals surface area contributed by atoms with Gasteiger partial charge in [-0.3, -0.25) is 4.79 Å². The number of hydrogen-bond donors (Lipinski definition) is 0. The van der Waals surface area contributed by atoms with Crippen LogP contribution in [0.2, 0.25) is 0 Å². The summed E-state index contributed by atoms with van der Waals surface area (Å²) in [6.45, 7) is 4.09. The SMILES string of the molecule is CC(C)Oc1ncccc1C(=O)N1CCS(=O)(=O)c2ccccc2C1. The van der Waals surface area contributed by atoms with E-state index in [0.717, 1.165) is 0 Å². The number of amides is 1. The van der Waals surface area contributed by atoms with Crippen molar-refractivity contribution in [3.05, 3.63) is 53.7 Å². The third-order valence-electron chi connectivity index (χ3n) is 3.93. The molecule has 0 saturated carbocycles. The van der Waals surface area contributed by atoms with Crippen molar-refractivity contribution in [2.45, 2.75) is 31.4 Å². The molecule has 0 bridgehead atoms. The van der Waals surface area contributed by atoms with Gasteiger partial charge in [-0.1, -0.05) is 18.2 Å². The van der Waals surface area contributed by atoms with Gasteiger partial charge in [0.1, 0.15) is 5.56 Å². The first-order valence-corrected chi connectivity index (χ1v) is 9.75. The van der Waals surface area contributed by atoms with Crippen LogP contribution in [0.1, 0.15) is 29.8 Å². The Morgan fingerprint density at radius 1 is 1.20 bits per heavy atom. The molecule has 25 heavy (non-hydrogen) atoms. The highest BCUT2D eigenvalue weighted by atomic mass is 32.2. The number of pyridine rings is 1. The number of fused-ring (bicyclic) bond motifs is 1. The summed E-state index contributed by atoms with van der Waals surface area (Å²) in [6, 6.07) is 10.1. The third-order valence-corrected chi connectivity index (χ3v) is 5.72. The Morgan fingerprint density at radius 2 is 1.96 bits per heavy atom. The Balaban J connectivity index is 1.95. The van der Waals surface area contributed by atoms with Gasteiger partial charge in [0.25, 0.3) is 5.91 Å². The molecular weight excluding hydrogens is 340 g/mol. The first kappa shape index (κ1) is 17.4. The van der Waals surface area contributed by atoms with Crippen LogP contribution in [0.4, 0.5) is 0 Å². The van der Waals surface area contributed by atoms with Gasteiger partial charge in [-0.25, -0.2) is 13.4 Å². The van der Waals surface area contributed by atoms with Crippen molar-refractivity contribution in [2.24, 2.45) is 0 Å². The number of aromatic nitrogens is 1. The topological polar surface area (TPSA) is 76.6 Å². The zero-order chi connectivity index (χ0) is 18.0. The molecule has 6 nitrogen and oxygen atoms in total. The normalized spacial score (nSPS) is 16.2. The number of carbonyl (C=O) groups excluding carboxylic acids is 1. The molecule has 0 unspecified atom stereocenters. The fourth-order valence-electron chi connectivity index (χ4n) is 2.78. The minimum atomic E-state index is -3.40. The lowest BCUT2D eigenvalue weighted by Crippen LogP contribution is -2.33. The third kappa shape index (κ3) is 3.66. The molecule has 7 heteroatoms. The summed E-state index contributed by atoms with van der Waals surface area (Å²) in [5, 5.41) is 0. The van der Waals surface area contributed by atoms with Gasteiger partial charge in [-0.05, 0) is 37.6 Å². The number of carbonyl (C=O) groups is 1. The zero-order valence-corrected chi connectivity index (χ0v) is 15.0. The van der Waals surface area contributed by atoms with Gasteiger partial charge in [0, 0.05) is 19.3 Å². The first-order valence-electron chi connectivity index (χ1n) is 8.10. The maximum atomic E-state index is 13.0. The highest BCUT2D eigenvalue weighted by Crippen LogP contribution is 2.25. The van der Waals surface area contributed by atoms with E-state index in [9.17, 15) is 13.2 Å². The van der Waals surface area contributed by atoms with Crippen molar-refractivity contribution in [1.82, 2.24) is 9.88 Å². The van der Waals surface area contributed by atoms with Crippen LogP contribution >= 0.6 is 0 Å². The Hall–Kier alpha value is -2.41. The Morgan fingerprint density at radius 3 is 2.72 bits per heavy atom. The van der Waals surface area contributed by atoms with Crippen LogP contribution in [0.25, 0.3) is 0 Å². The van der Waals surface area contributed by atoms with Crippen molar-refractivity contribution in [3.63, 3.8) is 0 Å². The fourth-order valence-corrected chi connectivity index (χ4v) is 4.28. The quantitative estimate of drug-likeness (QED) is 0.839. The molecule has 1 aliphatic heterocycles. The average molecular weight is 360 g/mol. The summed E-state index contributed by atoms with van der Waals surface area (Å²) < 4.78 is 30.5. The van der Waals surface area contributed by atoms with Crippen LogP contribution in [0.5, 0.6) is 5.88 Å². The number of rotatable bonds is 3. The van der Waals surface area contributed by atoms with Crippen LogP contribution in [0.3, 0.4) is 0 Å². The first-order chi connectivity index (χ1) is 11.9. The summed E-state index contributed by atoms with van der Waals surface area (Å²) in [6.07, 6.45) is 1.45. The van der Waals surface area contributed by atoms with E-state index in [1.807, 2.05) is 13.8 Å². The molecule has 1 aromatic carbocycles. The second kappa shape index (κ2) is 6.84. The number of hydrogen-bond acceptors (Lipinski definition) is 5. The molecule has 1 aliphatic rings. The van der Waals surface area contributed by atoms with E-state index in [4.69, 9.17) is 4.74 Å². The lowest BCUT2D eigenvalue weighted by atomic mass is 10.2. The van der Waals surface area contributed by atoms with Gasteiger partial charge in [-0.2, -0.15) is 0 Å². The number of ether oxygens (including phenoxy) is 1. The van der Waals surface area contributed by atoms with E-state index >= 15 is 0 Å². The van der Waals surface area contributed by atoms with Gasteiger partial charge >= 0.3 is 0 Å². The molecule has 1 aromatic heterocycles. The summed E-state index contributed by atoms with van der Waals surface area (Å²) in [7, 11) is -3.40. The lowest BCUT2D eigenvalue weighted by Gasteiger charge is -2.22. The molecule has 2 heterocycles. The molecule has 0 radical (unpaired) electrons. The van der Waals surface area contributed by atoms with Crippen LogP contribution < -0.4 is 4.74 Å². The van der Waals surface area contributed by atoms with E-state index in [-0.39, 0.29) is 36.7 Å². The van der Waals surface area contributed by atoms with Crippen LogP contribution in [-0.2, 0) is 16.4 Å². The lowest BCUT2D eigenvalue weighted by molar-refractivity contribution is 0.0747. The monoisotopic (exact) mass is 360 g/mol. The summed E-state index contributed by atoms with van der Waals surface area (Å²) in [5.41, 5.74) is 0.969. The van der Waals surface area contributed by atoms with E-state index < -0.39 is 9.84 Å². The van der Waals surface area contributed by atoms with Crippen molar-refractivity contribution in [1.29, 1.82) is 0 Å². The molecule has 0 aliphatic carbocycles. The van der Waals surface area contributed by atoms with E-state index in [1.54, 1.807) is 42.6 Å². The smallest absolute Gasteiger partial charge is 0.259 e. The molecule has 1 amide bonds. The number of benzene rings is 1. The van der Waals surface area contributed by atoms with Crippen molar-refractivity contribution < 1.29 is 17.9 Å². The molecule has 0 N–H and O–H groups in total. The standard InChI is InChI=1S/C18H20N2O4S/c1-13(2)24-17-15(7-5-9-19-17)18(21)20-10-11-25(22,23)16-8-4-3-6-14(16)12-20/h3-9,13H,10-12H2,1-2H3. The maximum absolute atomic E-state index is 13.0. The van der Waals surface area contributed by atoms with Crippen molar-refractivity contribution in [3.8, 4) is 5.88 Å². The molecule has 0 saturated heterocycles. The van der Waals surface area contributed by atoms with Crippen LogP contribution in [0.15, 0.2) is 47.5 Å². The van der Waals surface area contributed by atoms with Gasteiger partial charge in [-0.15, -0.1) is 0 Å². The van der Waals surface area contributed by atoms with Crippen molar-refractivity contribution >= 4 is 15.7 Å². The van der Waals surface area contributed by atoms with Crippen LogP contribution in [0, 0.1) is 0 Å². The molecular formula is C18H20N2O4S. The van der Waals surface area contributed by atoms with Gasteiger partial charge in [0.05, 0.1) is 16.8 Å². The molecule has 0 fully saturated rings. The minimum Gasteiger partial charge on any atom is -0.474 e. The number of sulfone groups is 1. The van der Waals surface area contributed by atoms with Crippen molar-refractivity contribution in [2.75, 3.05) is 12.3 Å². The maximum Gasteiger partial charge on any atom is 0.259 e. The summed E-state index contributed by atoms with van der Waals surface area (Å²) >= 11 is 0. The highest BCUT2D eigenvalue weighted by molar-refractivity contribution is 7.91. The van der Waals surface area contributed by atoms with Crippen LogP contribution in [-0.4, -0.2) is 42.6 Å². The fraction of sp³-hybridized carbons (Fsp3) is 0.333. The zero-order valence-electron chi connectivity index (χ0n) is 14.2. The second-order valence-electron chi connectivity index (χ2n) is 6.18. The highest BCUT2D eigenvalue weighted by Gasteiger charge is 2.29. The van der Waals surface area contributed by atoms with E-state index in [2.05, 4.69) is 4.98 Å². The Labute approximate surface area is 147 Å². The van der Waals surface area contributed by atoms with Gasteiger partial charge in [0.2, 0.25) is 5.88 Å². The Kier molecular flexibility index (Phi) is 4.76. The number of nitrogens with zero attached hydrogens (tertiary/aromatic N) is 2. The molecule has 0 spiro atoms. The van der Waals surface area contributed by atoms with Gasteiger partial charge in [0.15, 0.2) is 9.84 Å². The van der Waals surface area contributed by atoms with Gasteiger partial charge < -0.3 is 9.64 Å². The predicted molar refractivity (Wildman–Crippen MR) is 93.2 cm³/mol. The molecule has 0 atom stereocenters. The largest absolute Gasteiger partial charge is 0.474 e. The average Bonchev–Trinajstić information content (AvgIpc) is 2.71. The summed E-state index contributed by atoms with van der Waals surface area (Å²) in [5.74, 6) is -0.116. The Bertz CT molecular complexity index is 893. The second-order valence-corrected chi connectivity index (χ2v) is 8.25. The summed E-state index contributed by atoms with van der Waals surface area (Å²) in [4.78, 5) is 19.0. The van der Waals surface area contributed by atoms with E-state index in [0.29, 0.717) is 16.0 Å². The minimum absolute atomic E-state index is 0.101. The molecule has 3 rings (SSSR count).